The van der Waals surface area contributed by atoms with Crippen LogP contribution in [0.3, 0.4) is 0 Å². The van der Waals surface area contributed by atoms with Crippen molar-refractivity contribution in [3.63, 3.8) is 0 Å². The Kier molecular flexibility index (Phi) is 0.572. The molecule has 1 heterocycles. The molecule has 0 unspecified atom stereocenters. The zero-order valence-electron chi connectivity index (χ0n) is 3.01. The Morgan fingerprint density at radius 3 is 2.83 bits per heavy atom. The summed E-state index contributed by atoms with van der Waals surface area (Å²) in [6.45, 7) is 0. The first-order chi connectivity index (χ1) is 2.89. The zero-order chi connectivity index (χ0) is 4.41. The van der Waals surface area contributed by atoms with Crippen molar-refractivity contribution in [3.05, 3.63) is 12.3 Å². The van der Waals surface area contributed by atoms with E-state index in [1.54, 1.807) is 0 Å². The van der Waals surface area contributed by atoms with Gasteiger partial charge in [0.05, 0.1) is 5.78 Å². The number of hydrogen-bond donors (Lipinski definition) is 0. The molecule has 0 fully saturated rings. The van der Waals surface area contributed by atoms with E-state index in [-0.39, 0.29) is 5.78 Å². The minimum absolute atomic E-state index is 0.144. The highest BCUT2D eigenvalue weighted by atomic mass is 16.1. The van der Waals surface area contributed by atoms with E-state index in [1.807, 2.05) is 0 Å². The first-order valence-corrected chi connectivity index (χ1v) is 1.56. The van der Waals surface area contributed by atoms with Gasteiger partial charge < -0.3 is 9.79 Å². The molecule has 2 nitrogen and oxygen atoms in total. The Morgan fingerprint density at radius 1 is 1.83 bits per heavy atom. The van der Waals surface area contributed by atoms with Crippen LogP contribution in [0.1, 0.15) is 0 Å². The van der Waals surface area contributed by atoms with Gasteiger partial charge in [-0.15, -0.1) is 12.3 Å². The second kappa shape index (κ2) is 1.05. The van der Waals surface area contributed by atoms with E-state index < -0.39 is 0 Å². The van der Waals surface area contributed by atoms with Crippen LogP contribution in [0.15, 0.2) is 17.3 Å². The number of ketones is 1. The standard InChI is InChI=1S/C4H2NO/c6-4-1-2-5-3-4/h1-2H/q-1. The quantitative estimate of drug-likeness (QED) is 0.377. The summed E-state index contributed by atoms with van der Waals surface area (Å²) in [5, 5.41) is 0. The van der Waals surface area contributed by atoms with Gasteiger partial charge in [0.15, 0.2) is 0 Å². The van der Waals surface area contributed by atoms with E-state index in [2.05, 4.69) is 11.2 Å². The van der Waals surface area contributed by atoms with Crippen LogP contribution in [0.4, 0.5) is 0 Å². The van der Waals surface area contributed by atoms with Crippen molar-refractivity contribution < 1.29 is 4.79 Å². The first kappa shape index (κ1) is 3.28. The van der Waals surface area contributed by atoms with Crippen LogP contribution in [0.25, 0.3) is 0 Å². The molecule has 6 heavy (non-hydrogen) atoms. The predicted molar refractivity (Wildman–Crippen MR) is 21.6 cm³/mol. The molecule has 0 saturated heterocycles. The summed E-state index contributed by atoms with van der Waals surface area (Å²) in [7, 11) is 0. The lowest BCUT2D eigenvalue weighted by Crippen LogP contribution is -1.84. The molecule has 0 saturated carbocycles. The maximum absolute atomic E-state index is 9.95. The molecule has 0 aromatic heterocycles. The van der Waals surface area contributed by atoms with E-state index in [9.17, 15) is 4.79 Å². The molecule has 1 aliphatic heterocycles. The van der Waals surface area contributed by atoms with Gasteiger partial charge in [-0.1, -0.05) is 0 Å². The first-order valence-electron chi connectivity index (χ1n) is 1.56. The number of aliphatic imine (C=N–C) groups is 1. The average Bonchev–Trinajstić information content (AvgIpc) is 1.86. The molecule has 1 rings (SSSR count). The van der Waals surface area contributed by atoms with Gasteiger partial charge in [0, 0.05) is 0 Å². The number of rotatable bonds is 0. The SMILES string of the molecule is O=C1[C-]=NC=C1. The minimum Gasteiger partial charge on any atom is -0.402 e. The van der Waals surface area contributed by atoms with Crippen molar-refractivity contribution in [1.29, 1.82) is 0 Å². The molecule has 30 valence electrons. The number of nitrogens with zero attached hydrogens (tertiary/aromatic N) is 1. The van der Waals surface area contributed by atoms with Gasteiger partial charge in [-0.25, -0.2) is 0 Å². The van der Waals surface area contributed by atoms with Gasteiger partial charge >= 0.3 is 0 Å². The third-order valence-electron chi connectivity index (χ3n) is 0.475. The third-order valence-corrected chi connectivity index (χ3v) is 0.475. The highest BCUT2D eigenvalue weighted by molar-refractivity contribution is 6.34. The Balaban J connectivity index is 2.86. The van der Waals surface area contributed by atoms with E-state index >= 15 is 0 Å². The smallest absolute Gasteiger partial charge is 0.0767 e. The molecule has 0 spiro atoms. The molecule has 0 bridgehead atoms. The van der Waals surface area contributed by atoms with Crippen molar-refractivity contribution in [2.24, 2.45) is 4.99 Å². The van der Waals surface area contributed by atoms with Crippen LogP contribution in [0, 0.1) is 0 Å². The van der Waals surface area contributed by atoms with Crippen LogP contribution < -0.4 is 0 Å². The van der Waals surface area contributed by atoms with Crippen LogP contribution in [-0.2, 0) is 4.79 Å². The molecular formula is C4H2NO-. The fourth-order valence-electron chi connectivity index (χ4n) is 0.243. The number of carbonyl (C=O) groups excluding carboxylic acids is 1. The van der Waals surface area contributed by atoms with E-state index in [4.69, 9.17) is 0 Å². The lowest BCUT2D eigenvalue weighted by atomic mass is 10.5. The minimum atomic E-state index is -0.144. The van der Waals surface area contributed by atoms with Gasteiger partial charge in [0.1, 0.15) is 0 Å². The van der Waals surface area contributed by atoms with E-state index in [0.29, 0.717) is 0 Å². The summed E-state index contributed by atoms with van der Waals surface area (Å²) in [4.78, 5) is 13.3. The normalized spacial score (nSPS) is 17.0. The van der Waals surface area contributed by atoms with E-state index in [1.165, 1.54) is 12.3 Å². The highest BCUT2D eigenvalue weighted by Crippen LogP contribution is 1.82. The summed E-state index contributed by atoms with van der Waals surface area (Å²) in [6.07, 6.45) is 4.97. The van der Waals surface area contributed by atoms with Crippen molar-refractivity contribution in [3.8, 4) is 0 Å². The second-order valence-corrected chi connectivity index (χ2v) is 0.921. The Bertz CT molecular complexity index is 110. The van der Waals surface area contributed by atoms with Gasteiger partial charge in [-0.05, 0) is 6.21 Å². The Hall–Kier alpha value is -0.920. The maximum Gasteiger partial charge on any atom is 0.0767 e. The fourth-order valence-corrected chi connectivity index (χ4v) is 0.243. The number of hydrogen-bond acceptors (Lipinski definition) is 2. The molecule has 2 heteroatoms. The predicted octanol–water partition coefficient (Wildman–Crippen LogP) is 0.0306. The van der Waals surface area contributed by atoms with Crippen molar-refractivity contribution >= 4 is 12.0 Å². The molecule has 0 radical (unpaired) electrons. The molecule has 0 aliphatic carbocycles. The number of carbonyl (C=O) groups is 1. The summed E-state index contributed by atoms with van der Waals surface area (Å²) in [6, 6.07) is 0. The monoisotopic (exact) mass is 80.0 g/mol. The largest absolute Gasteiger partial charge is 0.402 e. The second-order valence-electron chi connectivity index (χ2n) is 0.921. The summed E-state index contributed by atoms with van der Waals surface area (Å²) in [5.74, 6) is -0.144. The lowest BCUT2D eigenvalue weighted by molar-refractivity contribution is -0.108. The lowest BCUT2D eigenvalue weighted by Gasteiger charge is -1.70. The molecule has 0 atom stereocenters. The van der Waals surface area contributed by atoms with Crippen LogP contribution in [0.2, 0.25) is 0 Å². The van der Waals surface area contributed by atoms with Gasteiger partial charge in [-0.3, -0.25) is 0 Å². The van der Waals surface area contributed by atoms with E-state index in [0.717, 1.165) is 0 Å². The maximum atomic E-state index is 9.95. The van der Waals surface area contributed by atoms with Crippen molar-refractivity contribution in [2.45, 2.75) is 0 Å². The zero-order valence-corrected chi connectivity index (χ0v) is 3.01. The molecule has 0 aromatic rings. The summed E-state index contributed by atoms with van der Waals surface area (Å²) in [5.41, 5.74) is 0. The third kappa shape index (κ3) is 0.360. The average molecular weight is 80.1 g/mol. The topological polar surface area (TPSA) is 29.4 Å². The van der Waals surface area contributed by atoms with Crippen LogP contribution >= 0.6 is 0 Å². The van der Waals surface area contributed by atoms with Gasteiger partial charge in [0.25, 0.3) is 0 Å². The molecular weight excluding hydrogens is 78.0 g/mol. The van der Waals surface area contributed by atoms with Crippen molar-refractivity contribution in [2.75, 3.05) is 0 Å². The highest BCUT2D eigenvalue weighted by Gasteiger charge is 1.77. The molecule has 1 aliphatic rings. The van der Waals surface area contributed by atoms with Crippen LogP contribution in [0.5, 0.6) is 0 Å². The molecule has 0 amide bonds. The Labute approximate surface area is 35.2 Å². The Morgan fingerprint density at radius 2 is 2.67 bits per heavy atom. The number of allylic oxidation sites excluding steroid dienone is 1. The van der Waals surface area contributed by atoms with Gasteiger partial charge in [0.2, 0.25) is 0 Å². The van der Waals surface area contributed by atoms with Crippen molar-refractivity contribution in [1.82, 2.24) is 0 Å². The summed E-state index contributed by atoms with van der Waals surface area (Å²) >= 11 is 0. The van der Waals surface area contributed by atoms with Gasteiger partial charge in [-0.2, -0.15) is 0 Å². The summed E-state index contributed by atoms with van der Waals surface area (Å²) < 4.78 is 0. The van der Waals surface area contributed by atoms with Crippen LogP contribution in [-0.4, -0.2) is 12.0 Å². The fraction of sp³-hybridized carbons (Fsp3) is 0. The molecule has 0 aromatic carbocycles. The molecule has 0 N–H and O–H groups in total.